The fourth-order valence-electron chi connectivity index (χ4n) is 3.73. The largest absolute Gasteiger partial charge is 0.322 e. The molecule has 156 valence electrons. The van der Waals surface area contributed by atoms with Crippen molar-refractivity contribution in [3.8, 4) is 0 Å². The first-order valence-electron chi connectivity index (χ1n) is 10.1. The van der Waals surface area contributed by atoms with E-state index in [0.29, 0.717) is 16.1 Å². The van der Waals surface area contributed by atoms with E-state index in [9.17, 15) is 9.59 Å². The van der Waals surface area contributed by atoms with Gasteiger partial charge in [-0.1, -0.05) is 47.5 Å². The summed E-state index contributed by atoms with van der Waals surface area (Å²) in [6.07, 6.45) is 0. The number of halogens is 1. The fraction of sp³-hybridized carbons (Fsp3) is 0.154. The number of aromatic nitrogens is 1. The number of nitrogens with one attached hydrogen (secondary N) is 1. The molecule has 4 nitrogen and oxygen atoms in total. The van der Waals surface area contributed by atoms with Gasteiger partial charge < -0.3 is 9.88 Å². The van der Waals surface area contributed by atoms with Crippen LogP contribution in [0.15, 0.2) is 71.5 Å². The number of anilines is 1. The van der Waals surface area contributed by atoms with Crippen LogP contribution in [0.2, 0.25) is 5.02 Å². The van der Waals surface area contributed by atoms with Crippen LogP contribution in [0.25, 0.3) is 10.9 Å². The van der Waals surface area contributed by atoms with E-state index in [1.54, 1.807) is 29.2 Å². The maximum Gasteiger partial charge on any atom is 0.260 e. The van der Waals surface area contributed by atoms with Crippen LogP contribution in [0.1, 0.15) is 32.6 Å². The topological polar surface area (TPSA) is 53.2 Å². The number of carbonyl (C=O) groups is 1. The number of amides is 1. The predicted molar refractivity (Wildman–Crippen MR) is 127 cm³/mol. The lowest BCUT2D eigenvalue weighted by Gasteiger charge is -2.26. The number of nitrogens with zero attached hydrogens (tertiary/aromatic N) is 1. The lowest BCUT2D eigenvalue weighted by Crippen LogP contribution is -2.33. The van der Waals surface area contributed by atoms with Crippen LogP contribution in [0.3, 0.4) is 0 Å². The van der Waals surface area contributed by atoms with Crippen molar-refractivity contribution in [1.82, 2.24) is 4.98 Å². The number of benzene rings is 3. The first-order valence-corrected chi connectivity index (χ1v) is 10.5. The summed E-state index contributed by atoms with van der Waals surface area (Å²) in [6, 6.07) is 20.5. The van der Waals surface area contributed by atoms with Gasteiger partial charge in [0.15, 0.2) is 0 Å². The van der Waals surface area contributed by atoms with Crippen molar-refractivity contribution in [2.75, 3.05) is 4.90 Å². The van der Waals surface area contributed by atoms with Gasteiger partial charge in [0.1, 0.15) is 0 Å². The highest BCUT2D eigenvalue weighted by molar-refractivity contribution is 6.34. The number of fused-ring (bicyclic) bond motifs is 1. The number of hydrogen-bond acceptors (Lipinski definition) is 2. The Morgan fingerprint density at radius 2 is 1.74 bits per heavy atom. The second-order valence-corrected chi connectivity index (χ2v) is 8.21. The van der Waals surface area contributed by atoms with Crippen molar-refractivity contribution in [2.45, 2.75) is 27.3 Å². The summed E-state index contributed by atoms with van der Waals surface area (Å²) >= 11 is 6.34. The van der Waals surface area contributed by atoms with E-state index < -0.39 is 0 Å². The number of pyridine rings is 1. The molecular formula is C26H23ClN2O2. The van der Waals surface area contributed by atoms with Crippen LogP contribution < -0.4 is 10.5 Å². The molecule has 0 spiro atoms. The Bertz CT molecular complexity index is 1360. The molecule has 1 N–H and O–H groups in total. The van der Waals surface area contributed by atoms with Gasteiger partial charge in [0.05, 0.1) is 17.1 Å². The maximum atomic E-state index is 13.6. The predicted octanol–water partition coefficient (Wildman–Crippen LogP) is 5.95. The molecule has 0 aliphatic heterocycles. The van der Waals surface area contributed by atoms with Crippen LogP contribution in [0, 0.1) is 20.8 Å². The Labute approximate surface area is 186 Å². The highest BCUT2D eigenvalue weighted by Crippen LogP contribution is 2.28. The Balaban J connectivity index is 1.85. The van der Waals surface area contributed by atoms with Crippen LogP contribution >= 0.6 is 11.6 Å². The molecule has 0 aliphatic carbocycles. The monoisotopic (exact) mass is 430 g/mol. The average molecular weight is 431 g/mol. The van der Waals surface area contributed by atoms with Gasteiger partial charge in [0, 0.05) is 16.8 Å². The molecule has 5 heteroatoms. The molecule has 0 unspecified atom stereocenters. The van der Waals surface area contributed by atoms with Gasteiger partial charge in [-0.15, -0.1) is 0 Å². The molecule has 3 aromatic carbocycles. The Morgan fingerprint density at radius 1 is 0.968 bits per heavy atom. The summed E-state index contributed by atoms with van der Waals surface area (Å²) in [5.74, 6) is -0.247. The Morgan fingerprint density at radius 3 is 2.52 bits per heavy atom. The van der Waals surface area contributed by atoms with E-state index in [4.69, 9.17) is 11.6 Å². The summed E-state index contributed by atoms with van der Waals surface area (Å²) in [5, 5.41) is 1.31. The van der Waals surface area contributed by atoms with E-state index >= 15 is 0 Å². The summed E-state index contributed by atoms with van der Waals surface area (Å²) in [7, 11) is 0. The third-order valence-electron chi connectivity index (χ3n) is 5.62. The number of hydrogen-bond donors (Lipinski definition) is 1. The molecule has 0 bridgehead atoms. The highest BCUT2D eigenvalue weighted by Gasteiger charge is 2.23. The summed E-state index contributed by atoms with van der Waals surface area (Å²) in [5.41, 5.74) is 5.39. The molecule has 0 saturated carbocycles. The Hall–Kier alpha value is -3.37. The second kappa shape index (κ2) is 8.40. The summed E-state index contributed by atoms with van der Waals surface area (Å²) in [4.78, 5) is 31.0. The minimum atomic E-state index is -0.247. The second-order valence-electron chi connectivity index (χ2n) is 7.80. The van der Waals surface area contributed by atoms with Gasteiger partial charge in [0.2, 0.25) is 0 Å². The minimum absolute atomic E-state index is 0.133. The first kappa shape index (κ1) is 20.9. The minimum Gasteiger partial charge on any atom is -0.322 e. The van der Waals surface area contributed by atoms with E-state index in [1.165, 1.54) is 0 Å². The Kier molecular flexibility index (Phi) is 5.66. The number of carbonyl (C=O) groups excluding carboxylic acids is 1. The fourth-order valence-corrected chi connectivity index (χ4v) is 3.95. The van der Waals surface area contributed by atoms with E-state index in [-0.39, 0.29) is 18.0 Å². The highest BCUT2D eigenvalue weighted by atomic mass is 35.5. The van der Waals surface area contributed by atoms with Crippen molar-refractivity contribution < 1.29 is 4.79 Å². The summed E-state index contributed by atoms with van der Waals surface area (Å²) < 4.78 is 0. The zero-order valence-corrected chi connectivity index (χ0v) is 18.5. The standard InChI is InChI=1S/C26H23ClN2O2/c1-16-11-12-23-19(13-16)14-20(25(30)28-23)15-29(24-10-6-7-17(2)18(24)3)26(31)21-8-4-5-9-22(21)27/h4-14H,15H2,1-3H3,(H,28,30). The lowest BCUT2D eigenvalue weighted by molar-refractivity contribution is 0.0985. The van der Waals surface area contributed by atoms with Gasteiger partial charge in [-0.3, -0.25) is 9.59 Å². The van der Waals surface area contributed by atoms with Crippen molar-refractivity contribution >= 4 is 34.1 Å². The van der Waals surface area contributed by atoms with Gasteiger partial charge in [-0.25, -0.2) is 0 Å². The molecule has 31 heavy (non-hydrogen) atoms. The number of aryl methyl sites for hydroxylation is 2. The van der Waals surface area contributed by atoms with Crippen molar-refractivity contribution in [3.63, 3.8) is 0 Å². The maximum absolute atomic E-state index is 13.6. The summed E-state index contributed by atoms with van der Waals surface area (Å²) in [6.45, 7) is 6.12. The number of H-pyrrole nitrogens is 1. The van der Waals surface area contributed by atoms with E-state index in [1.807, 2.05) is 63.2 Å². The molecule has 1 heterocycles. The molecule has 0 atom stereocenters. The van der Waals surface area contributed by atoms with Crippen LogP contribution in [-0.2, 0) is 6.54 Å². The van der Waals surface area contributed by atoms with Crippen LogP contribution in [-0.4, -0.2) is 10.9 Å². The van der Waals surface area contributed by atoms with Gasteiger partial charge in [-0.05, 0) is 73.7 Å². The van der Waals surface area contributed by atoms with Crippen molar-refractivity contribution in [1.29, 1.82) is 0 Å². The third kappa shape index (κ3) is 4.12. The molecule has 0 fully saturated rings. The van der Waals surface area contributed by atoms with Crippen molar-refractivity contribution in [3.05, 3.63) is 110 Å². The zero-order valence-electron chi connectivity index (χ0n) is 17.7. The normalized spacial score (nSPS) is 11.0. The SMILES string of the molecule is Cc1ccc2[nH]c(=O)c(CN(C(=O)c3ccccc3Cl)c3cccc(C)c3C)cc2c1. The molecule has 1 aromatic heterocycles. The molecule has 0 saturated heterocycles. The lowest BCUT2D eigenvalue weighted by atomic mass is 10.0. The molecule has 1 amide bonds. The average Bonchev–Trinajstić information content (AvgIpc) is 2.74. The van der Waals surface area contributed by atoms with Crippen LogP contribution in [0.4, 0.5) is 5.69 Å². The molecule has 0 aliphatic rings. The molecule has 0 radical (unpaired) electrons. The zero-order chi connectivity index (χ0) is 22.1. The number of rotatable bonds is 4. The molecule has 4 aromatic rings. The van der Waals surface area contributed by atoms with Crippen LogP contribution in [0.5, 0.6) is 0 Å². The van der Waals surface area contributed by atoms with Gasteiger partial charge in [-0.2, -0.15) is 0 Å². The van der Waals surface area contributed by atoms with Gasteiger partial charge in [0.25, 0.3) is 11.5 Å². The third-order valence-corrected chi connectivity index (χ3v) is 5.95. The molecule has 4 rings (SSSR count). The van der Waals surface area contributed by atoms with Gasteiger partial charge >= 0.3 is 0 Å². The quantitative estimate of drug-likeness (QED) is 0.434. The number of aromatic amines is 1. The first-order chi connectivity index (χ1) is 14.8. The van der Waals surface area contributed by atoms with Crippen molar-refractivity contribution in [2.24, 2.45) is 0 Å². The molecular weight excluding hydrogens is 408 g/mol. The smallest absolute Gasteiger partial charge is 0.260 e. The van der Waals surface area contributed by atoms with E-state index in [2.05, 4.69) is 4.98 Å². The van der Waals surface area contributed by atoms with E-state index in [0.717, 1.165) is 33.3 Å².